The SMILES string of the molecule is CC(Sc1ccnc2ccccc12)C(=O)Nc1cccc(C(F)(F)F)c1. The molecule has 26 heavy (non-hydrogen) atoms. The molecule has 0 radical (unpaired) electrons. The van der Waals surface area contributed by atoms with Gasteiger partial charge in [0, 0.05) is 22.2 Å². The van der Waals surface area contributed by atoms with E-state index in [1.54, 1.807) is 13.1 Å². The molecule has 134 valence electrons. The van der Waals surface area contributed by atoms with Crippen molar-refractivity contribution >= 4 is 34.3 Å². The number of halogens is 3. The third-order valence-corrected chi connectivity index (χ3v) is 4.92. The number of anilines is 1. The number of aromatic nitrogens is 1. The molecule has 3 rings (SSSR count). The summed E-state index contributed by atoms with van der Waals surface area (Å²) in [5, 5.41) is 2.99. The van der Waals surface area contributed by atoms with Gasteiger partial charge in [-0.05, 0) is 37.3 Å². The summed E-state index contributed by atoms with van der Waals surface area (Å²) in [7, 11) is 0. The second kappa shape index (κ2) is 7.37. The van der Waals surface area contributed by atoms with E-state index in [-0.39, 0.29) is 11.6 Å². The van der Waals surface area contributed by atoms with E-state index in [4.69, 9.17) is 0 Å². The van der Waals surface area contributed by atoms with Crippen molar-refractivity contribution in [3.8, 4) is 0 Å². The summed E-state index contributed by atoms with van der Waals surface area (Å²) in [5.74, 6) is -0.366. The standard InChI is InChI=1S/C19H15F3N2OS/c1-12(26-17-9-10-23-16-8-3-2-7-15(16)17)18(25)24-14-6-4-5-13(11-14)19(20,21)22/h2-12H,1H3,(H,24,25). The summed E-state index contributed by atoms with van der Waals surface area (Å²) in [5.41, 5.74) is 0.149. The Balaban J connectivity index is 1.74. The first-order chi connectivity index (χ1) is 12.3. The number of fused-ring (bicyclic) bond motifs is 1. The zero-order valence-corrected chi connectivity index (χ0v) is 14.6. The summed E-state index contributed by atoms with van der Waals surface area (Å²) in [6, 6.07) is 14.0. The van der Waals surface area contributed by atoms with E-state index in [1.807, 2.05) is 30.3 Å². The van der Waals surface area contributed by atoms with Crippen LogP contribution in [-0.2, 0) is 11.0 Å². The third kappa shape index (κ3) is 4.16. The molecule has 2 aromatic carbocycles. The van der Waals surface area contributed by atoms with Crippen LogP contribution in [0.25, 0.3) is 10.9 Å². The van der Waals surface area contributed by atoms with Crippen molar-refractivity contribution in [1.82, 2.24) is 4.98 Å². The van der Waals surface area contributed by atoms with Gasteiger partial charge in [-0.1, -0.05) is 24.3 Å². The van der Waals surface area contributed by atoms with Crippen molar-refractivity contribution in [2.24, 2.45) is 0 Å². The van der Waals surface area contributed by atoms with Crippen LogP contribution in [0.5, 0.6) is 0 Å². The molecule has 0 aliphatic rings. The first kappa shape index (κ1) is 18.3. The van der Waals surface area contributed by atoms with Gasteiger partial charge < -0.3 is 5.32 Å². The number of para-hydroxylation sites is 1. The number of pyridine rings is 1. The Morgan fingerprint density at radius 1 is 1.12 bits per heavy atom. The van der Waals surface area contributed by atoms with Crippen molar-refractivity contribution in [2.75, 3.05) is 5.32 Å². The highest BCUT2D eigenvalue weighted by Crippen LogP contribution is 2.32. The van der Waals surface area contributed by atoms with E-state index in [1.165, 1.54) is 23.9 Å². The number of alkyl halides is 3. The molecule has 3 aromatic rings. The van der Waals surface area contributed by atoms with Crippen LogP contribution in [0.3, 0.4) is 0 Å². The third-order valence-electron chi connectivity index (χ3n) is 3.74. The highest BCUT2D eigenvalue weighted by Gasteiger charge is 2.30. The van der Waals surface area contributed by atoms with Crippen molar-refractivity contribution in [1.29, 1.82) is 0 Å². The maximum Gasteiger partial charge on any atom is 0.416 e. The van der Waals surface area contributed by atoms with Gasteiger partial charge in [0.1, 0.15) is 0 Å². The minimum atomic E-state index is -4.45. The zero-order chi connectivity index (χ0) is 18.7. The number of benzene rings is 2. The molecule has 0 fully saturated rings. The van der Waals surface area contributed by atoms with Crippen LogP contribution in [0.15, 0.2) is 65.7 Å². The Bertz CT molecular complexity index is 938. The Kier molecular flexibility index (Phi) is 5.18. The smallest absolute Gasteiger partial charge is 0.325 e. The second-order valence-electron chi connectivity index (χ2n) is 5.65. The van der Waals surface area contributed by atoms with Crippen LogP contribution in [0.2, 0.25) is 0 Å². The van der Waals surface area contributed by atoms with Gasteiger partial charge in [-0.15, -0.1) is 11.8 Å². The summed E-state index contributed by atoms with van der Waals surface area (Å²) < 4.78 is 38.3. The van der Waals surface area contributed by atoms with E-state index in [0.717, 1.165) is 27.9 Å². The molecule has 0 aliphatic carbocycles. The molecule has 0 saturated carbocycles. The number of hydrogen-bond acceptors (Lipinski definition) is 3. The molecule has 1 unspecified atom stereocenters. The Morgan fingerprint density at radius 2 is 1.88 bits per heavy atom. The average Bonchev–Trinajstić information content (AvgIpc) is 2.61. The van der Waals surface area contributed by atoms with Crippen molar-refractivity contribution in [3.63, 3.8) is 0 Å². The molecule has 0 bridgehead atoms. The summed E-state index contributed by atoms with van der Waals surface area (Å²) in [6.45, 7) is 1.71. The van der Waals surface area contributed by atoms with Crippen LogP contribution in [0.4, 0.5) is 18.9 Å². The average molecular weight is 376 g/mol. The van der Waals surface area contributed by atoms with Crippen molar-refractivity contribution in [2.45, 2.75) is 23.2 Å². The number of rotatable bonds is 4. The van der Waals surface area contributed by atoms with E-state index >= 15 is 0 Å². The van der Waals surface area contributed by atoms with Crippen LogP contribution in [-0.4, -0.2) is 16.1 Å². The quantitative estimate of drug-likeness (QED) is 0.622. The van der Waals surface area contributed by atoms with Crippen LogP contribution in [0.1, 0.15) is 12.5 Å². The molecule has 7 heteroatoms. The van der Waals surface area contributed by atoms with Gasteiger partial charge >= 0.3 is 6.18 Å². The summed E-state index contributed by atoms with van der Waals surface area (Å²) in [4.78, 5) is 17.6. The second-order valence-corrected chi connectivity index (χ2v) is 7.04. The molecule has 1 heterocycles. The van der Waals surface area contributed by atoms with Gasteiger partial charge in [0.2, 0.25) is 5.91 Å². The van der Waals surface area contributed by atoms with Crippen LogP contribution < -0.4 is 5.32 Å². The number of nitrogens with one attached hydrogen (secondary N) is 1. The molecular weight excluding hydrogens is 361 g/mol. The lowest BCUT2D eigenvalue weighted by molar-refractivity contribution is -0.137. The molecule has 1 atom stereocenters. The lowest BCUT2D eigenvalue weighted by atomic mass is 10.2. The molecule has 0 aliphatic heterocycles. The lowest BCUT2D eigenvalue weighted by Gasteiger charge is -2.14. The summed E-state index contributed by atoms with van der Waals surface area (Å²) in [6.07, 6.45) is -2.78. The maximum absolute atomic E-state index is 12.8. The fourth-order valence-corrected chi connectivity index (χ4v) is 3.42. The molecule has 0 saturated heterocycles. The molecule has 1 amide bonds. The first-order valence-corrected chi connectivity index (χ1v) is 8.71. The van der Waals surface area contributed by atoms with E-state index < -0.39 is 17.0 Å². The highest BCUT2D eigenvalue weighted by atomic mass is 32.2. The Morgan fingerprint density at radius 3 is 2.65 bits per heavy atom. The van der Waals surface area contributed by atoms with E-state index in [2.05, 4.69) is 10.3 Å². The Labute approximate surface area is 152 Å². The molecule has 0 spiro atoms. The number of carbonyl (C=O) groups excluding carboxylic acids is 1. The van der Waals surface area contributed by atoms with Gasteiger partial charge in [-0.2, -0.15) is 13.2 Å². The number of thioether (sulfide) groups is 1. The summed E-state index contributed by atoms with van der Waals surface area (Å²) >= 11 is 1.34. The minimum absolute atomic E-state index is 0.122. The van der Waals surface area contributed by atoms with Gasteiger partial charge in [-0.25, -0.2) is 0 Å². The number of hydrogen-bond donors (Lipinski definition) is 1. The molecule has 1 aromatic heterocycles. The largest absolute Gasteiger partial charge is 0.416 e. The zero-order valence-electron chi connectivity index (χ0n) is 13.7. The first-order valence-electron chi connectivity index (χ1n) is 7.83. The van der Waals surface area contributed by atoms with Gasteiger partial charge in [0.15, 0.2) is 0 Å². The van der Waals surface area contributed by atoms with Gasteiger partial charge in [0.05, 0.1) is 16.3 Å². The number of nitrogens with zero attached hydrogens (tertiary/aromatic N) is 1. The predicted molar refractivity (Wildman–Crippen MR) is 97.1 cm³/mol. The minimum Gasteiger partial charge on any atom is -0.325 e. The predicted octanol–water partition coefficient (Wildman–Crippen LogP) is 5.37. The van der Waals surface area contributed by atoms with Gasteiger partial charge in [-0.3, -0.25) is 9.78 Å². The normalized spacial score (nSPS) is 12.8. The van der Waals surface area contributed by atoms with Crippen molar-refractivity contribution in [3.05, 3.63) is 66.4 Å². The lowest BCUT2D eigenvalue weighted by Crippen LogP contribution is -2.22. The fourth-order valence-electron chi connectivity index (χ4n) is 2.43. The van der Waals surface area contributed by atoms with Crippen LogP contribution >= 0.6 is 11.8 Å². The highest BCUT2D eigenvalue weighted by molar-refractivity contribution is 8.00. The monoisotopic (exact) mass is 376 g/mol. The van der Waals surface area contributed by atoms with E-state index in [9.17, 15) is 18.0 Å². The van der Waals surface area contributed by atoms with Crippen LogP contribution in [0, 0.1) is 0 Å². The van der Waals surface area contributed by atoms with Gasteiger partial charge in [0.25, 0.3) is 0 Å². The number of carbonyl (C=O) groups is 1. The fraction of sp³-hybridized carbons (Fsp3) is 0.158. The Hall–Kier alpha value is -2.54. The molecule has 3 nitrogen and oxygen atoms in total. The number of amides is 1. The topological polar surface area (TPSA) is 42.0 Å². The van der Waals surface area contributed by atoms with E-state index in [0.29, 0.717) is 0 Å². The molecular formula is C19H15F3N2OS. The van der Waals surface area contributed by atoms with Crippen molar-refractivity contribution < 1.29 is 18.0 Å². The molecule has 1 N–H and O–H groups in total. The maximum atomic E-state index is 12.8.